The predicted octanol–water partition coefficient (Wildman–Crippen LogP) is 1.60. The van der Waals surface area contributed by atoms with Gasteiger partial charge in [-0.15, -0.1) is 16.7 Å². The Kier molecular flexibility index (Phi) is 5.96. The summed E-state index contributed by atoms with van der Waals surface area (Å²) in [7, 11) is 0. The first-order chi connectivity index (χ1) is 8.26. The number of hydrogen-bond donors (Lipinski definition) is 2. The predicted molar refractivity (Wildman–Crippen MR) is 70.1 cm³/mol. The van der Waals surface area contributed by atoms with E-state index in [1.807, 2.05) is 17.2 Å². The summed E-state index contributed by atoms with van der Waals surface area (Å²) >= 11 is 1.44. The fourth-order valence-electron chi connectivity index (χ4n) is 1.55. The van der Waals surface area contributed by atoms with E-state index in [0.717, 1.165) is 10.6 Å². The molecule has 94 valence electrons. The third kappa shape index (κ3) is 3.69. The van der Waals surface area contributed by atoms with Gasteiger partial charge in [0.25, 0.3) is 0 Å². The summed E-state index contributed by atoms with van der Waals surface area (Å²) in [5, 5.41) is 20.9. The van der Waals surface area contributed by atoms with Crippen molar-refractivity contribution in [3.8, 4) is 0 Å². The van der Waals surface area contributed by atoms with Crippen LogP contribution in [0.5, 0.6) is 0 Å². The molecule has 0 bridgehead atoms. The summed E-state index contributed by atoms with van der Waals surface area (Å²) < 4.78 is 0. The van der Waals surface area contributed by atoms with Crippen molar-refractivity contribution in [2.45, 2.75) is 4.90 Å². The standard InChI is InChI=1S/C11H16N2O3S/c1-17-11-8-9(2-3-10(11)12-16)13(4-6-14)5-7-15/h2-3,8,14-15H,4-7H2,1H3. The summed E-state index contributed by atoms with van der Waals surface area (Å²) in [6, 6.07) is 5.25. The van der Waals surface area contributed by atoms with Crippen LogP contribution >= 0.6 is 11.8 Å². The minimum Gasteiger partial charge on any atom is -0.395 e. The zero-order valence-corrected chi connectivity index (χ0v) is 10.5. The van der Waals surface area contributed by atoms with Crippen LogP contribution in [-0.4, -0.2) is 42.8 Å². The van der Waals surface area contributed by atoms with Crippen LogP contribution < -0.4 is 4.90 Å². The lowest BCUT2D eigenvalue weighted by atomic mass is 10.2. The molecule has 0 aliphatic heterocycles. The van der Waals surface area contributed by atoms with E-state index in [4.69, 9.17) is 10.2 Å². The van der Waals surface area contributed by atoms with E-state index in [2.05, 4.69) is 5.18 Å². The molecule has 1 aromatic carbocycles. The van der Waals surface area contributed by atoms with Gasteiger partial charge in [0, 0.05) is 23.7 Å². The fourth-order valence-corrected chi connectivity index (χ4v) is 2.10. The zero-order valence-electron chi connectivity index (χ0n) is 9.67. The second kappa shape index (κ2) is 7.26. The highest BCUT2D eigenvalue weighted by atomic mass is 32.2. The number of thioether (sulfide) groups is 1. The molecule has 1 rings (SSSR count). The summed E-state index contributed by atoms with van der Waals surface area (Å²) in [4.78, 5) is 13.2. The molecule has 17 heavy (non-hydrogen) atoms. The highest BCUT2D eigenvalue weighted by Crippen LogP contribution is 2.31. The molecular formula is C11H16N2O3S. The number of benzene rings is 1. The van der Waals surface area contributed by atoms with Crippen molar-refractivity contribution < 1.29 is 10.2 Å². The van der Waals surface area contributed by atoms with Gasteiger partial charge in [-0.05, 0) is 29.6 Å². The largest absolute Gasteiger partial charge is 0.395 e. The van der Waals surface area contributed by atoms with E-state index < -0.39 is 0 Å². The average Bonchev–Trinajstić information content (AvgIpc) is 2.37. The Labute approximate surface area is 104 Å². The molecule has 5 nitrogen and oxygen atoms in total. The summed E-state index contributed by atoms with van der Waals surface area (Å²) in [5.41, 5.74) is 1.28. The van der Waals surface area contributed by atoms with Crippen molar-refractivity contribution in [3.63, 3.8) is 0 Å². The first-order valence-electron chi connectivity index (χ1n) is 5.25. The molecule has 0 aliphatic carbocycles. The molecule has 6 heteroatoms. The van der Waals surface area contributed by atoms with Gasteiger partial charge in [0.05, 0.1) is 13.2 Å². The molecule has 1 aromatic rings. The normalized spacial score (nSPS) is 10.3. The lowest BCUT2D eigenvalue weighted by molar-refractivity contribution is 0.281. The van der Waals surface area contributed by atoms with Gasteiger partial charge in [-0.25, -0.2) is 0 Å². The monoisotopic (exact) mass is 256 g/mol. The van der Waals surface area contributed by atoms with Crippen LogP contribution in [-0.2, 0) is 0 Å². The van der Waals surface area contributed by atoms with E-state index >= 15 is 0 Å². The number of nitroso groups, excluding NO2 is 1. The number of aliphatic hydroxyl groups excluding tert-OH is 2. The van der Waals surface area contributed by atoms with Crippen molar-refractivity contribution in [2.75, 3.05) is 37.5 Å². The van der Waals surface area contributed by atoms with Gasteiger partial charge in [-0.2, -0.15) is 0 Å². The Morgan fingerprint density at radius 3 is 2.41 bits per heavy atom. The minimum absolute atomic E-state index is 0.0162. The van der Waals surface area contributed by atoms with Crippen LogP contribution in [0.2, 0.25) is 0 Å². The number of rotatable bonds is 7. The Bertz CT molecular complexity index is 368. The second-order valence-electron chi connectivity index (χ2n) is 3.38. The lowest BCUT2D eigenvalue weighted by Crippen LogP contribution is -2.29. The Hall–Kier alpha value is -1.11. The molecule has 0 aliphatic rings. The van der Waals surface area contributed by atoms with Crippen LogP contribution in [0.15, 0.2) is 28.3 Å². The van der Waals surface area contributed by atoms with Gasteiger partial charge in [-0.3, -0.25) is 0 Å². The fraction of sp³-hybridized carbons (Fsp3) is 0.455. The first kappa shape index (κ1) is 14.0. The van der Waals surface area contributed by atoms with Crippen LogP contribution in [0.25, 0.3) is 0 Å². The average molecular weight is 256 g/mol. The number of aliphatic hydroxyl groups is 2. The molecule has 0 fully saturated rings. The van der Waals surface area contributed by atoms with Crippen molar-refractivity contribution in [1.29, 1.82) is 0 Å². The summed E-state index contributed by atoms with van der Waals surface area (Å²) in [6.45, 7) is 0.926. The molecule has 0 unspecified atom stereocenters. The maximum absolute atomic E-state index is 10.6. The van der Waals surface area contributed by atoms with Gasteiger partial charge in [0.15, 0.2) is 0 Å². The Balaban J connectivity index is 2.98. The summed E-state index contributed by atoms with van der Waals surface area (Å²) in [5.74, 6) is 0. The number of hydrogen-bond acceptors (Lipinski definition) is 6. The van der Waals surface area contributed by atoms with Gasteiger partial charge >= 0.3 is 0 Å². The first-order valence-corrected chi connectivity index (χ1v) is 6.47. The van der Waals surface area contributed by atoms with Crippen molar-refractivity contribution in [3.05, 3.63) is 23.1 Å². The number of anilines is 1. The molecule has 0 radical (unpaired) electrons. The van der Waals surface area contributed by atoms with Crippen molar-refractivity contribution in [1.82, 2.24) is 0 Å². The van der Waals surface area contributed by atoms with Crippen LogP contribution in [0.4, 0.5) is 11.4 Å². The van der Waals surface area contributed by atoms with E-state index in [1.54, 1.807) is 12.1 Å². The molecule has 0 heterocycles. The van der Waals surface area contributed by atoms with Crippen molar-refractivity contribution >= 4 is 23.1 Å². The second-order valence-corrected chi connectivity index (χ2v) is 4.23. The topological polar surface area (TPSA) is 73.1 Å². The molecular weight excluding hydrogens is 240 g/mol. The molecule has 0 spiro atoms. The highest BCUT2D eigenvalue weighted by molar-refractivity contribution is 7.98. The summed E-state index contributed by atoms with van der Waals surface area (Å²) in [6.07, 6.45) is 1.87. The Morgan fingerprint density at radius 2 is 1.94 bits per heavy atom. The SMILES string of the molecule is CSc1cc(N(CCO)CCO)ccc1N=O. The maximum atomic E-state index is 10.6. The molecule has 0 aromatic heterocycles. The van der Waals surface area contributed by atoms with Gasteiger partial charge < -0.3 is 15.1 Å². The van der Waals surface area contributed by atoms with Gasteiger partial charge in [0.2, 0.25) is 0 Å². The number of nitrogens with zero attached hydrogens (tertiary/aromatic N) is 2. The molecule has 0 saturated heterocycles. The van der Waals surface area contributed by atoms with Crippen molar-refractivity contribution in [2.24, 2.45) is 5.18 Å². The maximum Gasteiger partial charge on any atom is 0.121 e. The van der Waals surface area contributed by atoms with E-state index in [1.165, 1.54) is 11.8 Å². The smallest absolute Gasteiger partial charge is 0.121 e. The third-order valence-electron chi connectivity index (χ3n) is 2.37. The van der Waals surface area contributed by atoms with Gasteiger partial charge in [-0.1, -0.05) is 0 Å². The zero-order chi connectivity index (χ0) is 12.7. The molecule has 2 N–H and O–H groups in total. The lowest BCUT2D eigenvalue weighted by Gasteiger charge is -2.23. The van der Waals surface area contributed by atoms with Crippen LogP contribution in [0, 0.1) is 4.91 Å². The minimum atomic E-state index is 0.0162. The van der Waals surface area contributed by atoms with Crippen LogP contribution in [0.3, 0.4) is 0 Å². The van der Waals surface area contributed by atoms with E-state index in [9.17, 15) is 4.91 Å². The Morgan fingerprint density at radius 1 is 1.29 bits per heavy atom. The van der Waals surface area contributed by atoms with E-state index in [-0.39, 0.29) is 13.2 Å². The quantitative estimate of drug-likeness (QED) is 0.572. The van der Waals surface area contributed by atoms with Crippen LogP contribution in [0.1, 0.15) is 0 Å². The van der Waals surface area contributed by atoms with Gasteiger partial charge in [0.1, 0.15) is 5.69 Å². The van der Waals surface area contributed by atoms with E-state index in [0.29, 0.717) is 18.8 Å². The highest BCUT2D eigenvalue weighted by Gasteiger charge is 2.09. The molecule has 0 amide bonds. The molecule has 0 atom stereocenters. The molecule has 0 saturated carbocycles. The third-order valence-corrected chi connectivity index (χ3v) is 3.13.